The summed E-state index contributed by atoms with van der Waals surface area (Å²) >= 11 is 0. The van der Waals surface area contributed by atoms with Gasteiger partial charge in [0.05, 0.1) is 6.33 Å². The molecule has 12 heavy (non-hydrogen) atoms. The van der Waals surface area contributed by atoms with Crippen LogP contribution in [0.3, 0.4) is 0 Å². The molecule has 0 radical (unpaired) electrons. The van der Waals surface area contributed by atoms with Gasteiger partial charge in [0, 0.05) is 0 Å². The quantitative estimate of drug-likeness (QED) is 0.513. The Hall–Kier alpha value is 0.986. The molecule has 0 bridgehead atoms. The summed E-state index contributed by atoms with van der Waals surface area (Å²) < 4.78 is 0. The molecule has 2 aromatic heterocycles. The predicted octanol–water partition coefficient (Wildman–Crippen LogP) is -1.36. The van der Waals surface area contributed by atoms with E-state index in [0.717, 1.165) is 0 Å². The van der Waals surface area contributed by atoms with Gasteiger partial charge in [0.25, 0.3) is 0 Å². The Morgan fingerprint density at radius 1 is 1.25 bits per heavy atom. The van der Waals surface area contributed by atoms with Gasteiger partial charge < -0.3 is 10.7 Å². The van der Waals surface area contributed by atoms with E-state index in [4.69, 9.17) is 5.73 Å². The van der Waals surface area contributed by atoms with E-state index in [-0.39, 0.29) is 80.9 Å². The predicted molar refractivity (Wildman–Crippen MR) is 50.4 cm³/mol. The summed E-state index contributed by atoms with van der Waals surface area (Å²) in [5.41, 5.74) is 6.77. The molecule has 0 spiro atoms. The summed E-state index contributed by atoms with van der Waals surface area (Å²) in [6.07, 6.45) is 2.94. The summed E-state index contributed by atoms with van der Waals surface area (Å²) in [6, 6.07) is 0. The third kappa shape index (κ3) is 2.49. The summed E-state index contributed by atoms with van der Waals surface area (Å²) in [4.78, 5) is 14.4. The number of H-pyrrole nitrogens is 1. The Balaban J connectivity index is 0.000000605. The molecular weight excluding hydrogens is 192 g/mol. The Morgan fingerprint density at radius 2 is 2.00 bits per heavy atom. The van der Waals surface area contributed by atoms with Crippen molar-refractivity contribution in [3.05, 3.63) is 12.7 Å². The SMILES string of the molecule is Nc1ncnc2[nH]cnc12.[KH].[NaH]. The van der Waals surface area contributed by atoms with Gasteiger partial charge >= 0.3 is 80.9 Å². The summed E-state index contributed by atoms with van der Waals surface area (Å²) in [7, 11) is 0. The topological polar surface area (TPSA) is 80.5 Å². The van der Waals surface area contributed by atoms with Gasteiger partial charge in [-0.1, -0.05) is 0 Å². The van der Waals surface area contributed by atoms with Crippen molar-refractivity contribution in [1.29, 1.82) is 0 Å². The van der Waals surface area contributed by atoms with E-state index in [9.17, 15) is 0 Å². The molecule has 0 aliphatic rings. The second-order valence-corrected chi connectivity index (χ2v) is 1.86. The van der Waals surface area contributed by atoms with Gasteiger partial charge in [-0.15, -0.1) is 0 Å². The maximum absolute atomic E-state index is 5.47. The molecule has 0 amide bonds. The molecule has 0 aromatic carbocycles. The minimum atomic E-state index is 0. The van der Waals surface area contributed by atoms with Gasteiger partial charge in [-0.25, -0.2) is 15.0 Å². The third-order valence-electron chi connectivity index (χ3n) is 1.25. The fourth-order valence-electron chi connectivity index (χ4n) is 0.783. The van der Waals surface area contributed by atoms with Crippen molar-refractivity contribution in [3.63, 3.8) is 0 Å². The van der Waals surface area contributed by atoms with Crippen LogP contribution in [0.4, 0.5) is 5.82 Å². The van der Waals surface area contributed by atoms with Crippen molar-refractivity contribution in [3.8, 4) is 0 Å². The van der Waals surface area contributed by atoms with Gasteiger partial charge in [0.15, 0.2) is 11.5 Å². The Kier molecular flexibility index (Phi) is 6.13. The maximum atomic E-state index is 5.47. The number of nitrogens with zero attached hydrogens (tertiary/aromatic N) is 3. The van der Waals surface area contributed by atoms with E-state index in [2.05, 4.69) is 19.9 Å². The minimum absolute atomic E-state index is 0. The number of anilines is 1. The number of nitrogen functional groups attached to an aromatic ring is 1. The van der Waals surface area contributed by atoms with E-state index in [1.54, 1.807) is 0 Å². The summed E-state index contributed by atoms with van der Waals surface area (Å²) in [5, 5.41) is 0. The van der Waals surface area contributed by atoms with Crippen LogP contribution in [-0.4, -0.2) is 101 Å². The number of aromatic nitrogens is 4. The fraction of sp³-hybridized carbons (Fsp3) is 0. The molecule has 54 valence electrons. The molecule has 0 saturated carbocycles. The molecule has 2 rings (SSSR count). The number of rotatable bonds is 0. The first-order valence-corrected chi connectivity index (χ1v) is 2.77. The molecule has 0 aliphatic carbocycles. The van der Waals surface area contributed by atoms with Crippen molar-refractivity contribution < 1.29 is 0 Å². The average molecular weight is 199 g/mol. The molecule has 0 fully saturated rings. The zero-order valence-corrected chi connectivity index (χ0v) is 5.07. The molecule has 2 heterocycles. The van der Waals surface area contributed by atoms with Crippen molar-refractivity contribution >= 4 is 97.9 Å². The van der Waals surface area contributed by atoms with Crippen LogP contribution in [0.25, 0.3) is 11.2 Å². The molecular formula is C5H7KN5Na. The van der Waals surface area contributed by atoms with Gasteiger partial charge in [0.2, 0.25) is 0 Å². The van der Waals surface area contributed by atoms with Crippen LogP contribution in [0, 0.1) is 0 Å². The average Bonchev–Trinajstić information content (AvgIpc) is 2.36. The normalized spacial score (nSPS) is 8.67. The van der Waals surface area contributed by atoms with Crippen LogP contribution in [0.2, 0.25) is 0 Å². The zero-order chi connectivity index (χ0) is 6.97. The van der Waals surface area contributed by atoms with Crippen LogP contribution in [0.1, 0.15) is 0 Å². The van der Waals surface area contributed by atoms with Gasteiger partial charge in [-0.2, -0.15) is 0 Å². The number of fused-ring (bicyclic) bond motifs is 1. The first kappa shape index (κ1) is 13.0. The van der Waals surface area contributed by atoms with Crippen molar-refractivity contribution in [2.45, 2.75) is 0 Å². The molecule has 2 aromatic rings. The Bertz CT molecular complexity index is 361. The number of nitrogens with one attached hydrogen (secondary N) is 1. The van der Waals surface area contributed by atoms with E-state index < -0.39 is 0 Å². The van der Waals surface area contributed by atoms with E-state index >= 15 is 0 Å². The molecule has 3 N–H and O–H groups in total. The van der Waals surface area contributed by atoms with Crippen LogP contribution in [0.5, 0.6) is 0 Å². The van der Waals surface area contributed by atoms with Gasteiger partial charge in [0.1, 0.15) is 11.8 Å². The van der Waals surface area contributed by atoms with Gasteiger partial charge in [-0.05, 0) is 0 Å². The molecule has 0 atom stereocenters. The molecule has 7 heteroatoms. The number of aromatic amines is 1. The van der Waals surface area contributed by atoms with Crippen molar-refractivity contribution in [2.75, 3.05) is 5.73 Å². The standard InChI is InChI=1S/C5H5N5.K.Na.2H/c6-4-3-5(9-1-7-3)10-2-8-4;;;;/h1-2H,(H3,6,7,8,9,10);;;;. The number of nitrogens with two attached hydrogens (primary N) is 1. The second kappa shape index (κ2) is 5.66. The number of imidazole rings is 1. The first-order valence-electron chi connectivity index (χ1n) is 2.77. The van der Waals surface area contributed by atoms with Gasteiger partial charge in [-0.3, -0.25) is 0 Å². The molecule has 0 unspecified atom stereocenters. The van der Waals surface area contributed by atoms with Crippen molar-refractivity contribution in [2.24, 2.45) is 0 Å². The van der Waals surface area contributed by atoms with Crippen LogP contribution < -0.4 is 5.73 Å². The summed E-state index contributed by atoms with van der Waals surface area (Å²) in [6.45, 7) is 0. The first-order chi connectivity index (χ1) is 4.88. The van der Waals surface area contributed by atoms with E-state index in [1.165, 1.54) is 12.7 Å². The molecule has 0 saturated heterocycles. The van der Waals surface area contributed by atoms with E-state index in [0.29, 0.717) is 17.0 Å². The Morgan fingerprint density at radius 3 is 2.67 bits per heavy atom. The van der Waals surface area contributed by atoms with Crippen LogP contribution in [-0.2, 0) is 0 Å². The molecule has 5 nitrogen and oxygen atoms in total. The van der Waals surface area contributed by atoms with Crippen molar-refractivity contribution in [1.82, 2.24) is 19.9 Å². The number of hydrogen-bond donors (Lipinski definition) is 2. The summed E-state index contributed by atoms with van der Waals surface area (Å²) in [5.74, 6) is 0.409. The Labute approximate surface area is 134 Å². The van der Waals surface area contributed by atoms with Crippen LogP contribution in [0.15, 0.2) is 12.7 Å². The zero-order valence-electron chi connectivity index (χ0n) is 5.07. The number of hydrogen-bond acceptors (Lipinski definition) is 4. The fourth-order valence-corrected chi connectivity index (χ4v) is 0.783. The molecule has 0 aliphatic heterocycles. The van der Waals surface area contributed by atoms with E-state index in [1.807, 2.05) is 0 Å². The monoisotopic (exact) mass is 199 g/mol. The third-order valence-corrected chi connectivity index (χ3v) is 1.25. The second-order valence-electron chi connectivity index (χ2n) is 1.86. The van der Waals surface area contributed by atoms with Crippen LogP contribution >= 0.6 is 0 Å².